The zero-order valence-electron chi connectivity index (χ0n) is 10.4. The van der Waals surface area contributed by atoms with E-state index in [2.05, 4.69) is 37.9 Å². The number of Topliss-reactive ketones (excluding diaryl/α,β-unsaturated/α-hetero) is 1. The summed E-state index contributed by atoms with van der Waals surface area (Å²) < 4.78 is 0. The first-order valence-corrected chi connectivity index (χ1v) is 7.14. The fourth-order valence-electron chi connectivity index (χ4n) is 1.40. The second-order valence-electron chi connectivity index (χ2n) is 5.01. The molecule has 0 aliphatic heterocycles. The van der Waals surface area contributed by atoms with E-state index in [0.29, 0.717) is 5.69 Å². The normalized spacial score (nSPS) is 11.8. The molecular formula is C13H15NOS2. The van der Waals surface area contributed by atoms with Gasteiger partial charge >= 0.3 is 0 Å². The van der Waals surface area contributed by atoms with Crippen LogP contribution in [0.3, 0.4) is 0 Å². The van der Waals surface area contributed by atoms with E-state index in [-0.39, 0.29) is 11.2 Å². The number of carbonyl (C=O) groups excluding carboxylic acids is 1. The molecule has 0 amide bonds. The predicted molar refractivity (Wildman–Crippen MR) is 74.1 cm³/mol. The molecule has 0 aromatic carbocycles. The molecule has 17 heavy (non-hydrogen) atoms. The van der Waals surface area contributed by atoms with E-state index < -0.39 is 0 Å². The van der Waals surface area contributed by atoms with Crippen molar-refractivity contribution >= 4 is 28.5 Å². The maximum atomic E-state index is 11.2. The van der Waals surface area contributed by atoms with Gasteiger partial charge in [0.2, 0.25) is 0 Å². The SMILES string of the molecule is CC(=O)c1csc(-c2ccc(C(C)(C)C)s2)n1. The number of hydrogen-bond donors (Lipinski definition) is 0. The summed E-state index contributed by atoms with van der Waals surface area (Å²) in [6.45, 7) is 8.15. The predicted octanol–water partition coefficient (Wildman–Crippen LogP) is 4.37. The zero-order valence-corrected chi connectivity index (χ0v) is 12.0. The van der Waals surface area contributed by atoms with Gasteiger partial charge in [-0.3, -0.25) is 4.79 Å². The highest BCUT2D eigenvalue weighted by Crippen LogP contribution is 2.36. The van der Waals surface area contributed by atoms with Crippen LogP contribution in [-0.2, 0) is 5.41 Å². The fourth-order valence-corrected chi connectivity index (χ4v) is 3.40. The number of aromatic nitrogens is 1. The van der Waals surface area contributed by atoms with Gasteiger partial charge in [-0.05, 0) is 17.5 Å². The summed E-state index contributed by atoms with van der Waals surface area (Å²) in [4.78, 5) is 18.0. The highest BCUT2D eigenvalue weighted by molar-refractivity contribution is 7.21. The molecule has 2 aromatic rings. The molecule has 90 valence electrons. The monoisotopic (exact) mass is 265 g/mol. The molecule has 0 bridgehead atoms. The van der Waals surface area contributed by atoms with Crippen LogP contribution < -0.4 is 0 Å². The molecule has 0 aliphatic rings. The molecule has 2 aromatic heterocycles. The first kappa shape index (κ1) is 12.5. The maximum absolute atomic E-state index is 11.2. The second kappa shape index (κ2) is 4.35. The molecule has 0 unspecified atom stereocenters. The molecule has 2 heterocycles. The van der Waals surface area contributed by atoms with Crippen molar-refractivity contribution in [3.05, 3.63) is 28.1 Å². The van der Waals surface area contributed by atoms with E-state index in [1.54, 1.807) is 18.3 Å². The lowest BCUT2D eigenvalue weighted by atomic mass is 9.95. The lowest BCUT2D eigenvalue weighted by Gasteiger charge is -2.15. The van der Waals surface area contributed by atoms with Crippen molar-refractivity contribution in [1.29, 1.82) is 0 Å². The van der Waals surface area contributed by atoms with Gasteiger partial charge < -0.3 is 0 Å². The number of hydrogen-bond acceptors (Lipinski definition) is 4. The van der Waals surface area contributed by atoms with Crippen LogP contribution in [0.25, 0.3) is 9.88 Å². The summed E-state index contributed by atoms with van der Waals surface area (Å²) in [5.41, 5.74) is 0.736. The van der Waals surface area contributed by atoms with Gasteiger partial charge in [-0.25, -0.2) is 4.98 Å². The third-order valence-corrected chi connectivity index (χ3v) is 4.94. The standard InChI is InChI=1S/C13H15NOS2/c1-8(15)9-7-16-12(14-9)10-5-6-11(17-10)13(2,3)4/h5-7H,1-4H3. The second-order valence-corrected chi connectivity index (χ2v) is 6.95. The van der Waals surface area contributed by atoms with Crippen molar-refractivity contribution in [2.45, 2.75) is 33.1 Å². The van der Waals surface area contributed by atoms with E-state index in [0.717, 1.165) is 9.88 Å². The van der Waals surface area contributed by atoms with E-state index in [1.165, 1.54) is 16.2 Å². The highest BCUT2D eigenvalue weighted by atomic mass is 32.1. The highest BCUT2D eigenvalue weighted by Gasteiger charge is 2.17. The van der Waals surface area contributed by atoms with Gasteiger partial charge in [0.05, 0.1) is 4.88 Å². The van der Waals surface area contributed by atoms with Crippen molar-refractivity contribution in [1.82, 2.24) is 4.98 Å². The van der Waals surface area contributed by atoms with E-state index in [9.17, 15) is 4.79 Å². The minimum Gasteiger partial charge on any atom is -0.293 e. The molecule has 4 heteroatoms. The number of ketones is 1. The van der Waals surface area contributed by atoms with Gasteiger partial charge in [0.25, 0.3) is 0 Å². The molecule has 0 spiro atoms. The van der Waals surface area contributed by atoms with Gasteiger partial charge in [-0.15, -0.1) is 22.7 Å². The molecule has 0 saturated heterocycles. The van der Waals surface area contributed by atoms with Gasteiger partial charge in [-0.1, -0.05) is 20.8 Å². The quantitative estimate of drug-likeness (QED) is 0.755. The smallest absolute Gasteiger partial charge is 0.178 e. The topological polar surface area (TPSA) is 30.0 Å². The Morgan fingerprint density at radius 1 is 1.29 bits per heavy atom. The van der Waals surface area contributed by atoms with Crippen LogP contribution in [0.1, 0.15) is 43.1 Å². The first-order chi connectivity index (χ1) is 7.88. The van der Waals surface area contributed by atoms with Crippen molar-refractivity contribution in [2.24, 2.45) is 0 Å². The Morgan fingerprint density at radius 2 is 2.00 bits per heavy atom. The lowest BCUT2D eigenvalue weighted by Crippen LogP contribution is -2.07. The van der Waals surface area contributed by atoms with Crippen LogP contribution in [0.4, 0.5) is 0 Å². The Hall–Kier alpha value is -1.00. The average Bonchev–Trinajstić information content (AvgIpc) is 2.85. The van der Waals surface area contributed by atoms with Crippen molar-refractivity contribution in [3.63, 3.8) is 0 Å². The van der Waals surface area contributed by atoms with Crippen LogP contribution in [0, 0.1) is 0 Å². The summed E-state index contributed by atoms with van der Waals surface area (Å²) in [5.74, 6) is 0.0279. The van der Waals surface area contributed by atoms with Crippen molar-refractivity contribution < 1.29 is 4.79 Å². The van der Waals surface area contributed by atoms with Crippen LogP contribution in [0.5, 0.6) is 0 Å². The third kappa shape index (κ3) is 2.64. The van der Waals surface area contributed by atoms with Crippen molar-refractivity contribution in [3.8, 4) is 9.88 Å². The Morgan fingerprint density at radius 3 is 2.47 bits per heavy atom. The Balaban J connectivity index is 2.34. The van der Waals surface area contributed by atoms with Crippen LogP contribution in [0.15, 0.2) is 17.5 Å². The molecule has 0 atom stereocenters. The third-order valence-electron chi connectivity index (χ3n) is 2.42. The Bertz CT molecular complexity index is 546. The molecule has 0 fully saturated rings. The summed E-state index contributed by atoms with van der Waals surface area (Å²) in [5, 5.41) is 2.77. The zero-order chi connectivity index (χ0) is 12.6. The van der Waals surface area contributed by atoms with E-state index in [1.807, 2.05) is 5.38 Å². The summed E-state index contributed by atoms with van der Waals surface area (Å²) in [6.07, 6.45) is 0. The lowest BCUT2D eigenvalue weighted by molar-refractivity contribution is 0.101. The number of thiophene rings is 1. The number of thiazole rings is 1. The molecular weight excluding hydrogens is 250 g/mol. The Labute approximate surface area is 109 Å². The van der Waals surface area contributed by atoms with E-state index >= 15 is 0 Å². The van der Waals surface area contributed by atoms with E-state index in [4.69, 9.17) is 0 Å². The number of rotatable bonds is 2. The van der Waals surface area contributed by atoms with Gasteiger partial charge in [0.15, 0.2) is 5.78 Å². The molecule has 0 N–H and O–H groups in total. The van der Waals surface area contributed by atoms with Gasteiger partial charge in [0.1, 0.15) is 10.7 Å². The summed E-state index contributed by atoms with van der Waals surface area (Å²) >= 11 is 3.29. The molecule has 0 aliphatic carbocycles. The maximum Gasteiger partial charge on any atom is 0.178 e. The molecule has 0 radical (unpaired) electrons. The fraction of sp³-hybridized carbons (Fsp3) is 0.385. The van der Waals surface area contributed by atoms with Crippen molar-refractivity contribution in [2.75, 3.05) is 0 Å². The molecule has 2 nitrogen and oxygen atoms in total. The van der Waals surface area contributed by atoms with Crippen LogP contribution in [-0.4, -0.2) is 10.8 Å². The number of carbonyl (C=O) groups is 1. The van der Waals surface area contributed by atoms with Crippen LogP contribution >= 0.6 is 22.7 Å². The number of nitrogens with zero attached hydrogens (tertiary/aromatic N) is 1. The average molecular weight is 265 g/mol. The summed E-state index contributed by atoms with van der Waals surface area (Å²) in [7, 11) is 0. The molecule has 2 rings (SSSR count). The minimum atomic E-state index is 0.0279. The summed E-state index contributed by atoms with van der Waals surface area (Å²) in [6, 6.07) is 4.24. The Kier molecular flexibility index (Phi) is 3.19. The van der Waals surface area contributed by atoms with Gasteiger partial charge in [0, 0.05) is 17.2 Å². The van der Waals surface area contributed by atoms with Crippen LogP contribution in [0.2, 0.25) is 0 Å². The first-order valence-electron chi connectivity index (χ1n) is 5.45. The minimum absolute atomic E-state index is 0.0279. The largest absolute Gasteiger partial charge is 0.293 e. The molecule has 0 saturated carbocycles. The van der Waals surface area contributed by atoms with Gasteiger partial charge in [-0.2, -0.15) is 0 Å².